The van der Waals surface area contributed by atoms with Gasteiger partial charge in [-0.05, 0) is 43.4 Å². The van der Waals surface area contributed by atoms with Crippen molar-refractivity contribution in [3.8, 4) is 17.6 Å². The molecule has 2 rings (SSSR count). The Hall–Kier alpha value is -1.69. The molecular formula is C14H17NO2. The van der Waals surface area contributed by atoms with Gasteiger partial charge in [0.05, 0.1) is 25.7 Å². The minimum atomic E-state index is 0.325. The summed E-state index contributed by atoms with van der Waals surface area (Å²) in [7, 11) is 1.63. The highest BCUT2D eigenvalue weighted by molar-refractivity contribution is 5.43. The van der Waals surface area contributed by atoms with Crippen LogP contribution in [-0.4, -0.2) is 13.2 Å². The first-order valence-corrected chi connectivity index (χ1v) is 6.04. The van der Waals surface area contributed by atoms with E-state index < -0.39 is 0 Å². The van der Waals surface area contributed by atoms with Crippen molar-refractivity contribution in [1.82, 2.24) is 0 Å². The zero-order valence-electron chi connectivity index (χ0n) is 10.1. The minimum Gasteiger partial charge on any atom is -0.493 e. The summed E-state index contributed by atoms with van der Waals surface area (Å²) in [5.41, 5.74) is 0.961. The second-order valence-electron chi connectivity index (χ2n) is 4.34. The van der Waals surface area contributed by atoms with Gasteiger partial charge in [0.1, 0.15) is 0 Å². The number of nitrogens with zero attached hydrogens (tertiary/aromatic N) is 1. The van der Waals surface area contributed by atoms with Gasteiger partial charge in [-0.15, -0.1) is 0 Å². The summed E-state index contributed by atoms with van der Waals surface area (Å²) in [5, 5.41) is 8.66. The number of rotatable bonds is 4. The van der Waals surface area contributed by atoms with E-state index in [0.717, 1.165) is 29.9 Å². The number of nitriles is 1. The van der Waals surface area contributed by atoms with Gasteiger partial charge in [0.2, 0.25) is 0 Å². The van der Waals surface area contributed by atoms with E-state index in [1.807, 2.05) is 18.2 Å². The molecular weight excluding hydrogens is 214 g/mol. The van der Waals surface area contributed by atoms with E-state index in [-0.39, 0.29) is 0 Å². The zero-order chi connectivity index (χ0) is 12.1. The van der Waals surface area contributed by atoms with Crippen LogP contribution in [0.15, 0.2) is 18.2 Å². The molecule has 0 radical (unpaired) electrons. The maximum Gasteiger partial charge on any atom is 0.161 e. The Morgan fingerprint density at radius 2 is 2.06 bits per heavy atom. The van der Waals surface area contributed by atoms with E-state index in [1.54, 1.807) is 7.11 Å². The molecule has 0 unspecified atom stereocenters. The quantitative estimate of drug-likeness (QED) is 0.799. The van der Waals surface area contributed by atoms with Crippen molar-refractivity contribution in [2.45, 2.75) is 38.2 Å². The maximum atomic E-state index is 8.66. The zero-order valence-corrected chi connectivity index (χ0v) is 10.1. The van der Waals surface area contributed by atoms with Crippen LogP contribution in [-0.2, 0) is 6.42 Å². The fourth-order valence-electron chi connectivity index (χ4n) is 2.20. The van der Waals surface area contributed by atoms with Crippen molar-refractivity contribution in [2.24, 2.45) is 0 Å². The molecule has 3 nitrogen and oxygen atoms in total. The molecule has 0 N–H and O–H groups in total. The maximum absolute atomic E-state index is 8.66. The number of hydrogen-bond donors (Lipinski definition) is 0. The van der Waals surface area contributed by atoms with Crippen molar-refractivity contribution in [3.05, 3.63) is 23.8 Å². The van der Waals surface area contributed by atoms with Crippen LogP contribution in [0.2, 0.25) is 0 Å². The normalized spacial score (nSPS) is 15.5. The second-order valence-corrected chi connectivity index (χ2v) is 4.34. The molecule has 1 saturated carbocycles. The average molecular weight is 231 g/mol. The van der Waals surface area contributed by atoms with Crippen molar-refractivity contribution in [2.75, 3.05) is 7.11 Å². The Bertz CT molecular complexity index is 417. The van der Waals surface area contributed by atoms with Gasteiger partial charge in [0, 0.05) is 0 Å². The van der Waals surface area contributed by atoms with Crippen LogP contribution in [0.5, 0.6) is 11.5 Å². The summed E-state index contributed by atoms with van der Waals surface area (Å²) in [5.74, 6) is 1.52. The molecule has 1 aromatic carbocycles. The highest BCUT2D eigenvalue weighted by atomic mass is 16.5. The smallest absolute Gasteiger partial charge is 0.161 e. The van der Waals surface area contributed by atoms with E-state index in [0.29, 0.717) is 12.5 Å². The van der Waals surface area contributed by atoms with Gasteiger partial charge in [0.25, 0.3) is 0 Å². The number of ether oxygens (including phenoxy) is 2. The van der Waals surface area contributed by atoms with E-state index in [2.05, 4.69) is 6.07 Å². The first-order valence-electron chi connectivity index (χ1n) is 6.04. The van der Waals surface area contributed by atoms with E-state index in [9.17, 15) is 0 Å². The fraction of sp³-hybridized carbons (Fsp3) is 0.500. The third kappa shape index (κ3) is 2.91. The molecule has 1 aliphatic rings. The predicted octanol–water partition coefficient (Wildman–Crippen LogP) is 3.08. The van der Waals surface area contributed by atoms with Gasteiger partial charge >= 0.3 is 0 Å². The minimum absolute atomic E-state index is 0.325. The second kappa shape index (κ2) is 5.58. The van der Waals surface area contributed by atoms with Crippen molar-refractivity contribution in [3.63, 3.8) is 0 Å². The Morgan fingerprint density at radius 1 is 1.29 bits per heavy atom. The van der Waals surface area contributed by atoms with E-state index in [4.69, 9.17) is 14.7 Å². The molecule has 0 bridgehead atoms. The van der Waals surface area contributed by atoms with Crippen LogP contribution >= 0.6 is 0 Å². The lowest BCUT2D eigenvalue weighted by Gasteiger charge is -2.16. The Balaban J connectivity index is 2.12. The molecule has 17 heavy (non-hydrogen) atoms. The average Bonchev–Trinajstić information content (AvgIpc) is 2.84. The summed E-state index contributed by atoms with van der Waals surface area (Å²) in [6.07, 6.45) is 5.48. The molecule has 0 saturated heterocycles. The number of methoxy groups -OCH3 is 1. The standard InChI is InChI=1S/C14H17NO2/c1-16-14-10-11(8-9-15)6-7-13(14)17-12-4-2-3-5-12/h6-7,10,12H,2-5,8H2,1H3. The Kier molecular flexibility index (Phi) is 3.87. The van der Waals surface area contributed by atoms with Gasteiger partial charge in [-0.1, -0.05) is 6.07 Å². The van der Waals surface area contributed by atoms with Crippen LogP contribution < -0.4 is 9.47 Å². The lowest BCUT2D eigenvalue weighted by molar-refractivity contribution is 0.200. The molecule has 0 heterocycles. The largest absolute Gasteiger partial charge is 0.493 e. The molecule has 90 valence electrons. The number of benzene rings is 1. The molecule has 1 aliphatic carbocycles. The topological polar surface area (TPSA) is 42.2 Å². The molecule has 3 heteroatoms. The SMILES string of the molecule is COc1cc(CC#N)ccc1OC1CCCC1. The summed E-state index contributed by atoms with van der Waals surface area (Å²) in [6, 6.07) is 7.85. The highest BCUT2D eigenvalue weighted by Crippen LogP contribution is 2.32. The molecule has 0 amide bonds. The van der Waals surface area contributed by atoms with Gasteiger partial charge in [-0.25, -0.2) is 0 Å². The van der Waals surface area contributed by atoms with Crippen LogP contribution in [0.25, 0.3) is 0 Å². The van der Waals surface area contributed by atoms with Crippen LogP contribution in [0.4, 0.5) is 0 Å². The number of hydrogen-bond acceptors (Lipinski definition) is 3. The van der Waals surface area contributed by atoms with E-state index >= 15 is 0 Å². The molecule has 1 fully saturated rings. The van der Waals surface area contributed by atoms with Crippen LogP contribution in [0, 0.1) is 11.3 Å². The highest BCUT2D eigenvalue weighted by Gasteiger charge is 2.18. The molecule has 0 atom stereocenters. The fourth-order valence-corrected chi connectivity index (χ4v) is 2.20. The lowest BCUT2D eigenvalue weighted by Crippen LogP contribution is -2.11. The van der Waals surface area contributed by atoms with Gasteiger partial charge in [-0.2, -0.15) is 5.26 Å². The van der Waals surface area contributed by atoms with Crippen molar-refractivity contribution >= 4 is 0 Å². The van der Waals surface area contributed by atoms with Gasteiger partial charge < -0.3 is 9.47 Å². The molecule has 0 aliphatic heterocycles. The summed E-state index contributed by atoms with van der Waals surface area (Å²) in [4.78, 5) is 0. The van der Waals surface area contributed by atoms with Gasteiger partial charge in [-0.3, -0.25) is 0 Å². The Morgan fingerprint density at radius 3 is 2.71 bits per heavy atom. The van der Waals surface area contributed by atoms with Gasteiger partial charge in [0.15, 0.2) is 11.5 Å². The predicted molar refractivity (Wildman–Crippen MR) is 65.2 cm³/mol. The van der Waals surface area contributed by atoms with Crippen molar-refractivity contribution < 1.29 is 9.47 Å². The monoisotopic (exact) mass is 231 g/mol. The molecule has 0 spiro atoms. The third-order valence-electron chi connectivity index (χ3n) is 3.11. The lowest BCUT2D eigenvalue weighted by atomic mass is 10.1. The third-order valence-corrected chi connectivity index (χ3v) is 3.11. The first kappa shape index (κ1) is 11.8. The first-order chi connectivity index (χ1) is 8.33. The van der Waals surface area contributed by atoms with Crippen LogP contribution in [0.3, 0.4) is 0 Å². The van der Waals surface area contributed by atoms with Crippen LogP contribution in [0.1, 0.15) is 31.2 Å². The Labute approximate surface area is 102 Å². The molecule has 0 aromatic heterocycles. The molecule has 1 aromatic rings. The summed E-state index contributed by atoms with van der Waals surface area (Å²) >= 11 is 0. The summed E-state index contributed by atoms with van der Waals surface area (Å²) in [6.45, 7) is 0. The van der Waals surface area contributed by atoms with E-state index in [1.165, 1.54) is 12.8 Å². The summed E-state index contributed by atoms with van der Waals surface area (Å²) < 4.78 is 11.2. The van der Waals surface area contributed by atoms with Crippen molar-refractivity contribution in [1.29, 1.82) is 5.26 Å².